The molecule has 0 amide bonds. The molecular weight excluding hydrogens is 181 g/mol. The molecule has 1 aromatic heterocycles. The fourth-order valence-electron chi connectivity index (χ4n) is 0.881. The monoisotopic (exact) mass is 189 g/mol. The van der Waals surface area contributed by atoms with Crippen LogP contribution in [0, 0.1) is 5.82 Å². The minimum atomic E-state index is -0.507. The Morgan fingerprint density at radius 3 is 2.92 bits per heavy atom. The van der Waals surface area contributed by atoms with Gasteiger partial charge in [-0.3, -0.25) is 0 Å². The molecule has 0 aromatic carbocycles. The van der Waals surface area contributed by atoms with Crippen LogP contribution in [0.3, 0.4) is 0 Å². The first-order valence-corrected chi connectivity index (χ1v) is 4.02. The van der Waals surface area contributed by atoms with Gasteiger partial charge in [0.05, 0.1) is 0 Å². The van der Waals surface area contributed by atoms with Gasteiger partial charge < -0.3 is 5.11 Å². The highest BCUT2D eigenvalue weighted by Gasteiger charge is 2.01. The summed E-state index contributed by atoms with van der Waals surface area (Å²) in [5.41, 5.74) is 0.756. The molecule has 1 rings (SSSR count). The van der Waals surface area contributed by atoms with Crippen molar-refractivity contribution in [2.24, 2.45) is 0 Å². The lowest BCUT2D eigenvalue weighted by Gasteiger charge is -1.99. The van der Waals surface area contributed by atoms with E-state index in [1.54, 1.807) is 0 Å². The number of aryl methyl sites for hydroxylation is 1. The number of aromatic nitrogens is 1. The highest BCUT2D eigenvalue weighted by molar-refractivity contribution is 6.29. The average molecular weight is 190 g/mol. The van der Waals surface area contributed by atoms with E-state index in [0.29, 0.717) is 12.8 Å². The second kappa shape index (κ2) is 4.38. The van der Waals surface area contributed by atoms with E-state index in [0.717, 1.165) is 5.56 Å². The molecule has 4 heteroatoms. The number of nitrogens with zero attached hydrogens (tertiary/aromatic N) is 1. The largest absolute Gasteiger partial charge is 0.396 e. The first-order valence-electron chi connectivity index (χ1n) is 3.65. The molecule has 0 saturated heterocycles. The van der Waals surface area contributed by atoms with Gasteiger partial charge in [-0.1, -0.05) is 11.6 Å². The normalized spacial score (nSPS) is 10.2. The molecule has 2 nitrogen and oxygen atoms in total. The predicted molar refractivity (Wildman–Crippen MR) is 44.6 cm³/mol. The van der Waals surface area contributed by atoms with Crippen molar-refractivity contribution in [3.05, 3.63) is 28.8 Å². The van der Waals surface area contributed by atoms with Gasteiger partial charge in [-0.2, -0.15) is 0 Å². The smallest absolute Gasteiger partial charge is 0.164 e. The maximum absolute atomic E-state index is 12.7. The quantitative estimate of drug-likeness (QED) is 0.736. The van der Waals surface area contributed by atoms with Crippen LogP contribution >= 0.6 is 11.6 Å². The third-order valence-corrected chi connectivity index (χ3v) is 1.75. The van der Waals surface area contributed by atoms with E-state index in [1.165, 1.54) is 12.3 Å². The van der Waals surface area contributed by atoms with Crippen molar-refractivity contribution in [3.8, 4) is 0 Å². The second-order valence-corrected chi connectivity index (χ2v) is 2.80. The number of hydrogen-bond donors (Lipinski definition) is 1. The Morgan fingerprint density at radius 1 is 1.58 bits per heavy atom. The molecule has 0 saturated carbocycles. The average Bonchev–Trinajstić information content (AvgIpc) is 2.07. The summed E-state index contributed by atoms with van der Waals surface area (Å²) in [4.78, 5) is 3.64. The zero-order valence-corrected chi connectivity index (χ0v) is 7.18. The van der Waals surface area contributed by atoms with E-state index < -0.39 is 5.82 Å². The molecule has 0 atom stereocenters. The molecule has 0 bridgehead atoms. The van der Waals surface area contributed by atoms with E-state index in [2.05, 4.69) is 4.98 Å². The minimum absolute atomic E-state index is 0.101. The second-order valence-electron chi connectivity index (χ2n) is 2.44. The Labute approximate surface area is 75.0 Å². The minimum Gasteiger partial charge on any atom is -0.396 e. The highest BCUT2D eigenvalue weighted by Crippen LogP contribution is 2.12. The van der Waals surface area contributed by atoms with Gasteiger partial charge in [0.1, 0.15) is 0 Å². The Balaban J connectivity index is 2.69. The first kappa shape index (κ1) is 9.42. The van der Waals surface area contributed by atoms with Gasteiger partial charge in [-0.15, -0.1) is 0 Å². The Kier molecular flexibility index (Phi) is 3.44. The number of rotatable bonds is 3. The van der Waals surface area contributed by atoms with Gasteiger partial charge in [-0.25, -0.2) is 9.37 Å². The molecule has 0 spiro atoms. The van der Waals surface area contributed by atoms with Crippen molar-refractivity contribution in [2.75, 3.05) is 6.61 Å². The van der Waals surface area contributed by atoms with Crippen molar-refractivity contribution < 1.29 is 9.50 Å². The van der Waals surface area contributed by atoms with E-state index in [4.69, 9.17) is 16.7 Å². The van der Waals surface area contributed by atoms with Crippen LogP contribution in [-0.4, -0.2) is 16.7 Å². The van der Waals surface area contributed by atoms with E-state index in [9.17, 15) is 4.39 Å². The number of hydrogen-bond acceptors (Lipinski definition) is 2. The van der Waals surface area contributed by atoms with Gasteiger partial charge >= 0.3 is 0 Å². The summed E-state index contributed by atoms with van der Waals surface area (Å²) in [6, 6.07) is 1.34. The van der Waals surface area contributed by atoms with Gasteiger partial charge in [0.2, 0.25) is 0 Å². The lowest BCUT2D eigenvalue weighted by Crippen LogP contribution is -1.92. The maximum atomic E-state index is 12.7. The van der Waals surface area contributed by atoms with E-state index in [1.807, 2.05) is 0 Å². The number of halogens is 2. The lowest BCUT2D eigenvalue weighted by molar-refractivity contribution is 0.288. The molecule has 0 radical (unpaired) electrons. The first-order chi connectivity index (χ1) is 5.74. The molecule has 0 unspecified atom stereocenters. The summed E-state index contributed by atoms with van der Waals surface area (Å²) in [5.74, 6) is -0.507. The zero-order chi connectivity index (χ0) is 8.97. The third kappa shape index (κ3) is 2.43. The van der Waals surface area contributed by atoms with Crippen LogP contribution in [0.5, 0.6) is 0 Å². The molecule has 0 aliphatic carbocycles. The number of aliphatic hydroxyl groups is 1. The maximum Gasteiger partial charge on any atom is 0.164 e. The van der Waals surface area contributed by atoms with Crippen LogP contribution in [0.1, 0.15) is 12.0 Å². The molecule has 1 aromatic rings. The molecule has 12 heavy (non-hydrogen) atoms. The Morgan fingerprint density at radius 2 is 2.33 bits per heavy atom. The lowest BCUT2D eigenvalue weighted by atomic mass is 10.2. The zero-order valence-electron chi connectivity index (χ0n) is 6.43. The Bertz CT molecular complexity index is 267. The SMILES string of the molecule is OCCCc1cnc(Cl)c(F)c1. The van der Waals surface area contributed by atoms with E-state index >= 15 is 0 Å². The molecule has 66 valence electrons. The summed E-state index contributed by atoms with van der Waals surface area (Å²) >= 11 is 5.38. The number of pyridine rings is 1. The van der Waals surface area contributed by atoms with E-state index in [-0.39, 0.29) is 11.8 Å². The van der Waals surface area contributed by atoms with Crippen molar-refractivity contribution in [1.82, 2.24) is 4.98 Å². The summed E-state index contributed by atoms with van der Waals surface area (Å²) in [6.45, 7) is 0.101. The van der Waals surface area contributed by atoms with Crippen LogP contribution in [-0.2, 0) is 6.42 Å². The fourth-order valence-corrected chi connectivity index (χ4v) is 0.984. The predicted octanol–water partition coefficient (Wildman–Crippen LogP) is 1.80. The standard InChI is InChI=1S/C8H9ClFNO/c9-8-7(10)4-6(5-11-8)2-1-3-12/h4-5,12H,1-3H2. The van der Waals surface area contributed by atoms with Crippen molar-refractivity contribution in [3.63, 3.8) is 0 Å². The van der Waals surface area contributed by atoms with Crippen LogP contribution in [0.4, 0.5) is 4.39 Å². The van der Waals surface area contributed by atoms with Crippen LogP contribution in [0.2, 0.25) is 5.15 Å². The van der Waals surface area contributed by atoms with Gasteiger partial charge in [0.15, 0.2) is 11.0 Å². The third-order valence-electron chi connectivity index (χ3n) is 1.48. The van der Waals surface area contributed by atoms with Gasteiger partial charge in [-0.05, 0) is 24.5 Å². The fraction of sp³-hybridized carbons (Fsp3) is 0.375. The molecule has 1 N–H and O–H groups in total. The Hall–Kier alpha value is -0.670. The van der Waals surface area contributed by atoms with Crippen LogP contribution in [0.15, 0.2) is 12.3 Å². The van der Waals surface area contributed by atoms with Gasteiger partial charge in [0, 0.05) is 12.8 Å². The van der Waals surface area contributed by atoms with Gasteiger partial charge in [0.25, 0.3) is 0 Å². The summed E-state index contributed by atoms with van der Waals surface area (Å²) in [7, 11) is 0. The van der Waals surface area contributed by atoms with Crippen molar-refractivity contribution >= 4 is 11.6 Å². The molecular formula is C8H9ClFNO. The topological polar surface area (TPSA) is 33.1 Å². The number of aliphatic hydroxyl groups excluding tert-OH is 1. The summed E-state index contributed by atoms with van der Waals surface area (Å²) < 4.78 is 12.7. The summed E-state index contributed by atoms with van der Waals surface area (Å²) in [5, 5.41) is 8.40. The molecule has 0 fully saturated rings. The molecule has 1 heterocycles. The van der Waals surface area contributed by atoms with Crippen LogP contribution in [0.25, 0.3) is 0 Å². The van der Waals surface area contributed by atoms with Crippen LogP contribution < -0.4 is 0 Å². The highest BCUT2D eigenvalue weighted by atomic mass is 35.5. The molecule has 0 aliphatic rings. The molecule has 0 aliphatic heterocycles. The summed E-state index contributed by atoms with van der Waals surface area (Å²) in [6.07, 6.45) is 2.75. The van der Waals surface area contributed by atoms with Crippen molar-refractivity contribution in [2.45, 2.75) is 12.8 Å². The van der Waals surface area contributed by atoms with Crippen molar-refractivity contribution in [1.29, 1.82) is 0 Å².